The minimum atomic E-state index is -4.95. The molecule has 0 saturated carbocycles. The molecule has 1 saturated heterocycles. The molecule has 0 aromatic carbocycles. The van der Waals surface area contributed by atoms with Crippen LogP contribution in [0.25, 0.3) is 0 Å². The van der Waals surface area contributed by atoms with Crippen molar-refractivity contribution in [3.05, 3.63) is 28.9 Å². The molecule has 1 unspecified atom stereocenters. The lowest BCUT2D eigenvalue weighted by Gasteiger charge is -2.17. The summed E-state index contributed by atoms with van der Waals surface area (Å²) in [6.07, 6.45) is -4.36. The van der Waals surface area contributed by atoms with Gasteiger partial charge in [0.15, 0.2) is 5.69 Å². The Hall–Kier alpha value is -2.45. The van der Waals surface area contributed by atoms with E-state index >= 15 is 0 Å². The van der Waals surface area contributed by atoms with E-state index in [2.05, 4.69) is 9.84 Å². The second kappa shape index (κ2) is 7.42. The smallest absolute Gasteiger partial charge is 0.434 e. The Bertz CT molecular complexity index is 1060. The van der Waals surface area contributed by atoms with Crippen molar-refractivity contribution in [3.8, 4) is 0 Å². The molecule has 29 heavy (non-hydrogen) atoms. The number of amides is 1. The molecule has 1 atom stereocenters. The van der Waals surface area contributed by atoms with Crippen LogP contribution in [0.4, 0.5) is 18.2 Å². The van der Waals surface area contributed by atoms with Gasteiger partial charge in [0.1, 0.15) is 15.9 Å². The van der Waals surface area contributed by atoms with Crippen LogP contribution in [0.2, 0.25) is 0 Å². The highest BCUT2D eigenvalue weighted by atomic mass is 32.2. The van der Waals surface area contributed by atoms with E-state index in [-0.39, 0.29) is 23.5 Å². The summed E-state index contributed by atoms with van der Waals surface area (Å²) < 4.78 is 71.7. The molecule has 1 amide bonds. The highest BCUT2D eigenvalue weighted by Crippen LogP contribution is 2.35. The van der Waals surface area contributed by atoms with Gasteiger partial charge in [0.05, 0.1) is 18.9 Å². The fourth-order valence-corrected chi connectivity index (χ4v) is 5.28. The summed E-state index contributed by atoms with van der Waals surface area (Å²) in [6, 6.07) is 0.177. The Morgan fingerprint density at radius 3 is 2.72 bits per heavy atom. The maximum atomic E-state index is 13.2. The molecule has 1 N–H and O–H groups in total. The topological polar surface area (TPSA) is 111 Å². The van der Waals surface area contributed by atoms with Gasteiger partial charge in [-0.3, -0.25) is 9.48 Å². The lowest BCUT2D eigenvalue weighted by atomic mass is 10.3. The molecular weight excluding hydrogens is 437 g/mol. The molecule has 2 aromatic heterocycles. The molecule has 1 aliphatic heterocycles. The maximum Gasteiger partial charge on any atom is 0.434 e. The highest BCUT2D eigenvalue weighted by Gasteiger charge is 2.43. The summed E-state index contributed by atoms with van der Waals surface area (Å²) in [4.78, 5) is 24.6. The summed E-state index contributed by atoms with van der Waals surface area (Å²) in [5, 5.41) is 5.22. The van der Waals surface area contributed by atoms with E-state index < -0.39 is 44.7 Å². The van der Waals surface area contributed by atoms with Gasteiger partial charge in [-0.1, -0.05) is 0 Å². The summed E-state index contributed by atoms with van der Waals surface area (Å²) >= 11 is 1.08. The fraction of sp³-hybridized carbons (Fsp3) is 0.400. The number of nitrogens with zero attached hydrogens (tertiary/aromatic N) is 3. The van der Waals surface area contributed by atoms with E-state index in [0.29, 0.717) is 10.9 Å². The molecule has 0 radical (unpaired) electrons. The van der Waals surface area contributed by atoms with Crippen molar-refractivity contribution in [2.75, 3.05) is 18.6 Å². The molecule has 3 rings (SSSR count). The molecule has 0 bridgehead atoms. The molecule has 0 aliphatic carbocycles. The van der Waals surface area contributed by atoms with Crippen molar-refractivity contribution in [2.45, 2.75) is 23.5 Å². The standard InChI is InChI=1S/C15H15F3N4O5S2/c1-21-11(15(16,17)18)10(7-19-21)29(25,26)20-9-3-5-22(12(9)23)13-8(4-6-28-13)14(24)27-2/h4,6-7,9,20H,3,5H2,1-2H3. The second-order valence-corrected chi connectivity index (χ2v) is 8.64. The van der Waals surface area contributed by atoms with Gasteiger partial charge in [0.25, 0.3) is 0 Å². The Balaban J connectivity index is 1.85. The number of alkyl halides is 3. The third-order valence-corrected chi connectivity index (χ3v) is 6.67. The van der Waals surface area contributed by atoms with Crippen LogP contribution in [-0.4, -0.2) is 49.8 Å². The van der Waals surface area contributed by atoms with Gasteiger partial charge in [-0.15, -0.1) is 11.3 Å². The monoisotopic (exact) mass is 452 g/mol. The van der Waals surface area contributed by atoms with Gasteiger partial charge in [0, 0.05) is 13.6 Å². The van der Waals surface area contributed by atoms with Gasteiger partial charge in [0.2, 0.25) is 15.9 Å². The average molecular weight is 452 g/mol. The van der Waals surface area contributed by atoms with E-state index in [0.717, 1.165) is 18.4 Å². The highest BCUT2D eigenvalue weighted by molar-refractivity contribution is 7.89. The first-order valence-corrected chi connectivity index (χ1v) is 10.4. The number of rotatable bonds is 5. The quantitative estimate of drug-likeness (QED) is 0.686. The van der Waals surface area contributed by atoms with Crippen molar-refractivity contribution < 1.29 is 35.9 Å². The third kappa shape index (κ3) is 3.86. The molecule has 0 spiro atoms. The Morgan fingerprint density at radius 1 is 1.41 bits per heavy atom. The van der Waals surface area contributed by atoms with Gasteiger partial charge < -0.3 is 9.64 Å². The minimum Gasteiger partial charge on any atom is -0.465 e. The van der Waals surface area contributed by atoms with Crippen molar-refractivity contribution >= 4 is 38.2 Å². The summed E-state index contributed by atoms with van der Waals surface area (Å²) in [5.41, 5.74) is -1.31. The van der Waals surface area contributed by atoms with E-state index in [1.54, 1.807) is 5.38 Å². The van der Waals surface area contributed by atoms with Crippen LogP contribution >= 0.6 is 11.3 Å². The molecule has 158 valence electrons. The minimum absolute atomic E-state index is 0.0121. The van der Waals surface area contributed by atoms with E-state index in [1.165, 1.54) is 18.1 Å². The first-order valence-electron chi connectivity index (χ1n) is 8.06. The van der Waals surface area contributed by atoms with Gasteiger partial charge in [-0.25, -0.2) is 13.2 Å². The summed E-state index contributed by atoms with van der Waals surface area (Å²) in [7, 11) is -2.54. The zero-order valence-electron chi connectivity index (χ0n) is 15.1. The number of nitrogens with one attached hydrogen (secondary N) is 1. The van der Waals surface area contributed by atoms with E-state index in [9.17, 15) is 31.2 Å². The van der Waals surface area contributed by atoms with Crippen molar-refractivity contribution in [2.24, 2.45) is 7.05 Å². The second-order valence-electron chi connectivity index (χ2n) is 6.06. The number of ether oxygens (including phenoxy) is 1. The first-order chi connectivity index (χ1) is 13.5. The number of hydrogen-bond acceptors (Lipinski definition) is 7. The van der Waals surface area contributed by atoms with E-state index in [4.69, 9.17) is 0 Å². The predicted octanol–water partition coefficient (Wildman–Crippen LogP) is 1.37. The number of anilines is 1. The number of aryl methyl sites for hydroxylation is 1. The molecule has 3 heterocycles. The Kier molecular flexibility index (Phi) is 5.44. The number of hydrogen-bond donors (Lipinski definition) is 1. The Morgan fingerprint density at radius 2 is 2.10 bits per heavy atom. The molecule has 1 aliphatic rings. The van der Waals surface area contributed by atoms with Crippen LogP contribution in [0.15, 0.2) is 22.5 Å². The lowest BCUT2D eigenvalue weighted by Crippen LogP contribution is -2.42. The third-order valence-electron chi connectivity index (χ3n) is 4.26. The van der Waals surface area contributed by atoms with Gasteiger partial charge >= 0.3 is 12.1 Å². The van der Waals surface area contributed by atoms with Crippen LogP contribution in [0.3, 0.4) is 0 Å². The summed E-state index contributed by atoms with van der Waals surface area (Å²) in [6.45, 7) is 0.0791. The van der Waals surface area contributed by atoms with Crippen LogP contribution in [0.5, 0.6) is 0 Å². The van der Waals surface area contributed by atoms with Crippen LogP contribution < -0.4 is 9.62 Å². The van der Waals surface area contributed by atoms with Crippen molar-refractivity contribution in [1.29, 1.82) is 0 Å². The SMILES string of the molecule is COC(=O)c1ccsc1N1CCC(NS(=O)(=O)c2cnn(C)c2C(F)(F)F)C1=O. The van der Waals surface area contributed by atoms with Crippen LogP contribution in [-0.2, 0) is 32.8 Å². The number of methoxy groups -OCH3 is 1. The summed E-state index contributed by atoms with van der Waals surface area (Å²) in [5.74, 6) is -1.35. The lowest BCUT2D eigenvalue weighted by molar-refractivity contribution is -0.146. The molecule has 2 aromatic rings. The molecule has 14 heteroatoms. The predicted molar refractivity (Wildman–Crippen MR) is 94.9 cm³/mol. The number of thiophene rings is 1. The number of esters is 1. The largest absolute Gasteiger partial charge is 0.465 e. The molecular formula is C15H15F3N4O5S2. The number of carbonyl (C=O) groups excluding carboxylic acids is 2. The number of halogens is 3. The average Bonchev–Trinajstić information content (AvgIpc) is 3.33. The molecule has 9 nitrogen and oxygen atoms in total. The zero-order valence-corrected chi connectivity index (χ0v) is 16.7. The maximum absolute atomic E-state index is 13.2. The van der Waals surface area contributed by atoms with Gasteiger partial charge in [-0.2, -0.15) is 23.0 Å². The Labute approximate surface area is 167 Å². The van der Waals surface area contributed by atoms with Crippen molar-refractivity contribution in [3.63, 3.8) is 0 Å². The normalized spacial score (nSPS) is 17.8. The number of carbonyl (C=O) groups is 2. The molecule has 1 fully saturated rings. The number of sulfonamides is 1. The van der Waals surface area contributed by atoms with Crippen LogP contribution in [0.1, 0.15) is 22.5 Å². The van der Waals surface area contributed by atoms with Crippen LogP contribution in [0, 0.1) is 0 Å². The zero-order chi connectivity index (χ0) is 21.6. The van der Waals surface area contributed by atoms with Gasteiger partial charge in [-0.05, 0) is 17.9 Å². The fourth-order valence-electron chi connectivity index (χ4n) is 2.95. The van der Waals surface area contributed by atoms with E-state index in [1.807, 2.05) is 4.72 Å². The first kappa shape index (κ1) is 21.3. The number of aromatic nitrogens is 2. The van der Waals surface area contributed by atoms with Crippen molar-refractivity contribution in [1.82, 2.24) is 14.5 Å².